The summed E-state index contributed by atoms with van der Waals surface area (Å²) in [4.78, 5) is 35.1. The van der Waals surface area contributed by atoms with Crippen molar-refractivity contribution < 1.29 is 47.8 Å². The van der Waals surface area contributed by atoms with E-state index in [-0.39, 0.29) is 19.4 Å². The molecule has 0 saturated carbocycles. The van der Waals surface area contributed by atoms with Gasteiger partial charge in [0.15, 0.2) is 6.10 Å². The van der Waals surface area contributed by atoms with Crippen molar-refractivity contribution in [3.05, 3.63) is 12.2 Å². The Morgan fingerprint density at radius 3 is 1.24 bits per heavy atom. The minimum Gasteiger partial charge on any atom is -0.462 e. The lowest BCUT2D eigenvalue weighted by atomic mass is 10.0. The van der Waals surface area contributed by atoms with E-state index in [1.54, 1.807) is 0 Å². The Hall–Kier alpha value is -1.29. The molecule has 3 atom stereocenters. The van der Waals surface area contributed by atoms with Crippen LogP contribution in [0.5, 0.6) is 0 Å². The molecule has 0 aliphatic carbocycles. The van der Waals surface area contributed by atoms with Crippen LogP contribution in [0.3, 0.4) is 0 Å². The molecule has 3 N–H and O–H groups in total. The Kier molecular flexibility index (Phi) is 43.8. The van der Waals surface area contributed by atoms with Gasteiger partial charge >= 0.3 is 19.8 Å². The van der Waals surface area contributed by atoms with E-state index in [4.69, 9.17) is 23.6 Å². The van der Waals surface area contributed by atoms with Crippen LogP contribution in [-0.4, -0.2) is 65.7 Å². The van der Waals surface area contributed by atoms with Crippen LogP contribution in [0.1, 0.15) is 245 Å². The predicted molar refractivity (Wildman–Crippen MR) is 242 cm³/mol. The normalized spacial score (nSPS) is 13.8. The van der Waals surface area contributed by atoms with E-state index >= 15 is 0 Å². The number of carbonyl (C=O) groups is 2. The van der Waals surface area contributed by atoms with Crippen molar-refractivity contribution >= 4 is 19.8 Å². The van der Waals surface area contributed by atoms with Gasteiger partial charge in [0.25, 0.3) is 0 Å². The van der Waals surface area contributed by atoms with Gasteiger partial charge in [-0.15, -0.1) is 0 Å². The summed E-state index contributed by atoms with van der Waals surface area (Å²) < 4.78 is 32.8. The molecule has 59 heavy (non-hydrogen) atoms. The van der Waals surface area contributed by atoms with Gasteiger partial charge in [-0.05, 0) is 38.5 Å². The molecule has 0 aromatic heterocycles. The van der Waals surface area contributed by atoms with E-state index in [2.05, 4.69) is 26.0 Å². The molecule has 350 valence electrons. The second kappa shape index (κ2) is 44.8. The highest BCUT2D eigenvalue weighted by Crippen LogP contribution is 2.43. The molecule has 10 nitrogen and oxygen atoms in total. The number of aliphatic hydroxyl groups excluding tert-OH is 2. The molecular formula is C48H93O10P. The maximum absolute atomic E-state index is 12.6. The average Bonchev–Trinajstić information content (AvgIpc) is 3.22. The van der Waals surface area contributed by atoms with Crippen molar-refractivity contribution in [2.75, 3.05) is 26.4 Å². The van der Waals surface area contributed by atoms with Gasteiger partial charge in [-0.2, -0.15) is 0 Å². The zero-order valence-electron chi connectivity index (χ0n) is 38.2. The van der Waals surface area contributed by atoms with E-state index in [0.29, 0.717) is 12.8 Å². The molecule has 11 heteroatoms. The highest BCUT2D eigenvalue weighted by Gasteiger charge is 2.27. The lowest BCUT2D eigenvalue weighted by molar-refractivity contribution is -0.161. The summed E-state index contributed by atoms with van der Waals surface area (Å²) in [7, 11) is -4.62. The summed E-state index contributed by atoms with van der Waals surface area (Å²) >= 11 is 0. The van der Waals surface area contributed by atoms with Crippen molar-refractivity contribution in [1.29, 1.82) is 0 Å². The summed E-state index contributed by atoms with van der Waals surface area (Å²) in [5.41, 5.74) is 0. The van der Waals surface area contributed by atoms with Crippen molar-refractivity contribution in [2.24, 2.45) is 0 Å². The third kappa shape index (κ3) is 44.6. The Bertz CT molecular complexity index is 993. The smallest absolute Gasteiger partial charge is 0.462 e. The number of phosphoric ester groups is 1. The lowest BCUT2D eigenvalue weighted by Crippen LogP contribution is -2.29. The number of phosphoric acid groups is 1. The van der Waals surface area contributed by atoms with Crippen molar-refractivity contribution in [3.8, 4) is 0 Å². The van der Waals surface area contributed by atoms with Crippen molar-refractivity contribution in [1.82, 2.24) is 0 Å². The maximum Gasteiger partial charge on any atom is 0.472 e. The predicted octanol–water partition coefficient (Wildman–Crippen LogP) is 13.6. The number of hydrogen-bond acceptors (Lipinski definition) is 9. The molecule has 0 rings (SSSR count). The second-order valence-electron chi connectivity index (χ2n) is 16.8. The van der Waals surface area contributed by atoms with Crippen LogP contribution in [0, 0.1) is 0 Å². The summed E-state index contributed by atoms with van der Waals surface area (Å²) in [6.07, 6.45) is 44.6. The molecule has 0 saturated heterocycles. The Morgan fingerprint density at radius 2 is 0.831 bits per heavy atom. The largest absolute Gasteiger partial charge is 0.472 e. The average molecular weight is 861 g/mol. The van der Waals surface area contributed by atoms with E-state index < -0.39 is 51.8 Å². The van der Waals surface area contributed by atoms with Gasteiger partial charge in [0.05, 0.1) is 19.8 Å². The molecule has 0 amide bonds. The van der Waals surface area contributed by atoms with Gasteiger partial charge < -0.3 is 24.6 Å². The van der Waals surface area contributed by atoms with Gasteiger partial charge in [-0.25, -0.2) is 4.57 Å². The molecule has 1 unspecified atom stereocenters. The fourth-order valence-corrected chi connectivity index (χ4v) is 7.90. The molecule has 0 aromatic rings. The first-order valence-electron chi connectivity index (χ1n) is 24.6. The van der Waals surface area contributed by atoms with Gasteiger partial charge in [-0.3, -0.25) is 18.6 Å². The molecule has 0 fully saturated rings. The van der Waals surface area contributed by atoms with Gasteiger partial charge in [-0.1, -0.05) is 206 Å². The Balaban J connectivity index is 4.14. The van der Waals surface area contributed by atoms with Crippen molar-refractivity contribution in [3.63, 3.8) is 0 Å². The van der Waals surface area contributed by atoms with Gasteiger partial charge in [0.1, 0.15) is 12.7 Å². The molecule has 0 aromatic carbocycles. The monoisotopic (exact) mass is 861 g/mol. The fourth-order valence-electron chi connectivity index (χ4n) is 7.11. The van der Waals surface area contributed by atoms with Crippen LogP contribution >= 0.6 is 7.82 Å². The zero-order valence-corrected chi connectivity index (χ0v) is 39.1. The Labute approximate surface area is 362 Å². The van der Waals surface area contributed by atoms with Crippen LogP contribution in [0.15, 0.2) is 12.2 Å². The van der Waals surface area contributed by atoms with Crippen LogP contribution in [0.2, 0.25) is 0 Å². The van der Waals surface area contributed by atoms with Crippen LogP contribution in [0.4, 0.5) is 0 Å². The molecule has 0 bridgehead atoms. The molecule has 0 heterocycles. The standard InChI is InChI=1S/C48H93O10P/c1-3-5-7-9-11-13-15-17-19-20-21-22-23-24-26-27-29-31-33-35-37-39-47(51)55-43-46(44-57-59(53,54)56-42-45(50)41-49)58-48(52)40-38-36-34-32-30-28-25-18-16-14-12-10-8-6-4-2/h14,16,45-46,49-50H,3-13,15,17-44H2,1-2H3,(H,53,54)/b16-14+/t45-,46+/m1/s1. The third-order valence-corrected chi connectivity index (χ3v) is 11.9. The van der Waals surface area contributed by atoms with Gasteiger partial charge in [0, 0.05) is 12.8 Å². The summed E-state index contributed by atoms with van der Waals surface area (Å²) in [5, 5.41) is 18.4. The topological polar surface area (TPSA) is 149 Å². The zero-order chi connectivity index (χ0) is 43.3. The number of aliphatic hydroxyl groups is 2. The molecule has 0 spiro atoms. The van der Waals surface area contributed by atoms with E-state index in [1.807, 2.05) is 0 Å². The van der Waals surface area contributed by atoms with Crippen LogP contribution in [0.25, 0.3) is 0 Å². The lowest BCUT2D eigenvalue weighted by Gasteiger charge is -2.20. The van der Waals surface area contributed by atoms with Crippen molar-refractivity contribution in [2.45, 2.75) is 257 Å². The number of hydrogen-bond donors (Lipinski definition) is 3. The minimum atomic E-state index is -4.62. The summed E-state index contributed by atoms with van der Waals surface area (Å²) in [6.45, 7) is 2.41. The number of ether oxygens (including phenoxy) is 2. The number of rotatable bonds is 47. The SMILES string of the molecule is CCCCCC/C=C/CCCCCCCCCC(=O)O[C@@H](COC(=O)CCCCCCCCCCCCCCCCCCCCCCC)COP(=O)(O)OC[C@H](O)CO. The first kappa shape index (κ1) is 57.7. The minimum absolute atomic E-state index is 0.183. The molecule has 0 aliphatic heterocycles. The highest BCUT2D eigenvalue weighted by molar-refractivity contribution is 7.47. The molecule has 0 radical (unpaired) electrons. The quantitative estimate of drug-likeness (QED) is 0.0234. The van der Waals surface area contributed by atoms with Crippen LogP contribution < -0.4 is 0 Å². The summed E-state index contributed by atoms with van der Waals surface area (Å²) in [5.74, 6) is -0.915. The second-order valence-corrected chi connectivity index (χ2v) is 18.3. The van der Waals surface area contributed by atoms with Gasteiger partial charge in [0.2, 0.25) is 0 Å². The number of allylic oxidation sites excluding steroid dienone is 2. The third-order valence-electron chi connectivity index (χ3n) is 10.9. The number of carbonyl (C=O) groups excluding carboxylic acids is 2. The highest BCUT2D eigenvalue weighted by atomic mass is 31.2. The van der Waals surface area contributed by atoms with E-state index in [9.17, 15) is 24.2 Å². The first-order valence-corrected chi connectivity index (χ1v) is 26.1. The molecular weight excluding hydrogens is 767 g/mol. The molecule has 0 aliphatic rings. The Morgan fingerprint density at radius 1 is 0.492 bits per heavy atom. The number of unbranched alkanes of at least 4 members (excludes halogenated alkanes) is 31. The van der Waals surface area contributed by atoms with E-state index in [0.717, 1.165) is 38.5 Å². The summed E-state index contributed by atoms with van der Waals surface area (Å²) in [6, 6.07) is 0. The van der Waals surface area contributed by atoms with E-state index in [1.165, 1.54) is 167 Å². The van der Waals surface area contributed by atoms with Crippen LogP contribution in [-0.2, 0) is 32.7 Å². The first-order chi connectivity index (χ1) is 28.7. The maximum atomic E-state index is 12.6. The fraction of sp³-hybridized carbons (Fsp3) is 0.917. The number of esters is 2.